The van der Waals surface area contributed by atoms with Crippen LogP contribution in [0, 0.1) is 0 Å². The van der Waals surface area contributed by atoms with Crippen LogP contribution in [0.2, 0.25) is 5.02 Å². The number of carboxylic acids is 1. The highest BCUT2D eigenvalue weighted by molar-refractivity contribution is 7.91. The zero-order valence-electron chi connectivity index (χ0n) is 13.2. The van der Waals surface area contributed by atoms with Gasteiger partial charge in [0.25, 0.3) is 10.0 Å². The van der Waals surface area contributed by atoms with Gasteiger partial charge in [0.05, 0.1) is 5.57 Å². The summed E-state index contributed by atoms with van der Waals surface area (Å²) in [4.78, 5) is 12.0. The van der Waals surface area contributed by atoms with Crippen molar-refractivity contribution in [1.82, 2.24) is 4.31 Å². The summed E-state index contributed by atoms with van der Waals surface area (Å²) in [5, 5.41) is 9.97. The largest absolute Gasteiger partial charge is 0.478 e. The molecule has 1 saturated heterocycles. The molecule has 0 aliphatic carbocycles. The molecule has 0 atom stereocenters. The van der Waals surface area contributed by atoms with Crippen LogP contribution in [-0.4, -0.2) is 36.9 Å². The molecule has 8 heteroatoms. The molecule has 5 nitrogen and oxygen atoms in total. The smallest absolute Gasteiger partial charge is 0.337 e. The first-order chi connectivity index (χ1) is 11.9. The molecule has 1 N–H and O–H groups in total. The molecular weight excluding hydrogens is 382 g/mol. The Balaban J connectivity index is 1.98. The number of aliphatic carboxylic acids is 1. The van der Waals surface area contributed by atoms with Crippen LogP contribution in [0.5, 0.6) is 0 Å². The van der Waals surface area contributed by atoms with Crippen LogP contribution >= 0.6 is 22.9 Å². The maximum atomic E-state index is 12.6. The van der Waals surface area contributed by atoms with Gasteiger partial charge in [0, 0.05) is 23.0 Å². The fourth-order valence-corrected chi connectivity index (χ4v) is 5.82. The van der Waals surface area contributed by atoms with Crippen LogP contribution in [0.15, 0.2) is 40.6 Å². The van der Waals surface area contributed by atoms with Gasteiger partial charge in [0.2, 0.25) is 0 Å². The summed E-state index contributed by atoms with van der Waals surface area (Å²) in [5.41, 5.74) is 0.583. The van der Waals surface area contributed by atoms with Gasteiger partial charge in [0.15, 0.2) is 0 Å². The maximum absolute atomic E-state index is 12.6. The number of benzene rings is 1. The SMILES string of the molecule is O=C(O)/C(=C\c1ccccc1Cl)c1ccc(S(=O)(=O)N2CCCC2)s1. The second-order valence-electron chi connectivity index (χ2n) is 5.61. The first-order valence-electron chi connectivity index (χ1n) is 7.69. The average Bonchev–Trinajstić information content (AvgIpc) is 3.26. The van der Waals surface area contributed by atoms with E-state index in [0.717, 1.165) is 24.2 Å². The Bertz CT molecular complexity index is 928. The van der Waals surface area contributed by atoms with Crippen LogP contribution in [0.3, 0.4) is 0 Å². The topological polar surface area (TPSA) is 74.7 Å². The van der Waals surface area contributed by atoms with E-state index in [4.69, 9.17) is 11.6 Å². The van der Waals surface area contributed by atoms with Gasteiger partial charge in [-0.15, -0.1) is 11.3 Å². The third-order valence-corrected chi connectivity index (χ3v) is 7.77. The summed E-state index contributed by atoms with van der Waals surface area (Å²) < 4.78 is 26.8. The van der Waals surface area contributed by atoms with Crippen molar-refractivity contribution in [2.75, 3.05) is 13.1 Å². The molecule has 2 heterocycles. The molecule has 0 spiro atoms. The van der Waals surface area contributed by atoms with E-state index >= 15 is 0 Å². The van der Waals surface area contributed by atoms with E-state index < -0.39 is 16.0 Å². The molecular formula is C17H16ClNO4S2. The Morgan fingerprint density at radius 3 is 2.48 bits per heavy atom. The zero-order valence-corrected chi connectivity index (χ0v) is 15.6. The average molecular weight is 398 g/mol. The maximum Gasteiger partial charge on any atom is 0.337 e. The molecule has 25 heavy (non-hydrogen) atoms. The highest BCUT2D eigenvalue weighted by Crippen LogP contribution is 2.32. The van der Waals surface area contributed by atoms with E-state index in [9.17, 15) is 18.3 Å². The predicted octanol–water partition coefficient (Wildman–Crippen LogP) is 3.81. The third kappa shape index (κ3) is 3.79. The molecule has 2 aromatic rings. The quantitative estimate of drug-likeness (QED) is 0.778. The highest BCUT2D eigenvalue weighted by Gasteiger charge is 2.29. The van der Waals surface area contributed by atoms with Gasteiger partial charge in [-0.25, -0.2) is 13.2 Å². The minimum Gasteiger partial charge on any atom is -0.478 e. The molecule has 0 amide bonds. The van der Waals surface area contributed by atoms with E-state index in [-0.39, 0.29) is 9.78 Å². The molecule has 0 radical (unpaired) electrons. The van der Waals surface area contributed by atoms with Gasteiger partial charge < -0.3 is 5.11 Å². The lowest BCUT2D eigenvalue weighted by atomic mass is 10.1. The summed E-state index contributed by atoms with van der Waals surface area (Å²) >= 11 is 7.05. The molecule has 0 bridgehead atoms. The van der Waals surface area contributed by atoms with Crippen LogP contribution < -0.4 is 0 Å². The van der Waals surface area contributed by atoms with Crippen molar-refractivity contribution < 1.29 is 18.3 Å². The first kappa shape index (κ1) is 18.1. The molecule has 1 fully saturated rings. The zero-order chi connectivity index (χ0) is 18.0. The van der Waals surface area contributed by atoms with Crippen molar-refractivity contribution >= 4 is 50.6 Å². The van der Waals surface area contributed by atoms with Crippen molar-refractivity contribution in [3.05, 3.63) is 51.9 Å². The number of thiophene rings is 1. The Kier molecular flexibility index (Phi) is 5.29. The number of nitrogens with zero attached hydrogens (tertiary/aromatic N) is 1. The minimum atomic E-state index is -3.55. The fraction of sp³-hybridized carbons (Fsp3) is 0.235. The second kappa shape index (κ2) is 7.29. The molecule has 0 saturated carbocycles. The number of halogens is 1. The van der Waals surface area contributed by atoms with Gasteiger partial charge >= 0.3 is 5.97 Å². The first-order valence-corrected chi connectivity index (χ1v) is 10.3. The van der Waals surface area contributed by atoms with Gasteiger partial charge in [0.1, 0.15) is 4.21 Å². The number of carbonyl (C=O) groups is 1. The number of hydrogen-bond donors (Lipinski definition) is 1. The van der Waals surface area contributed by atoms with Crippen LogP contribution in [0.4, 0.5) is 0 Å². The number of sulfonamides is 1. The lowest BCUT2D eigenvalue weighted by Gasteiger charge is -2.13. The van der Waals surface area contributed by atoms with Crippen molar-refractivity contribution in [2.45, 2.75) is 17.1 Å². The minimum absolute atomic E-state index is 0.0148. The van der Waals surface area contributed by atoms with Crippen LogP contribution in [0.1, 0.15) is 23.3 Å². The second-order valence-corrected chi connectivity index (χ2v) is 9.27. The standard InChI is InChI=1S/C17H16ClNO4S2/c18-14-6-2-1-5-12(14)11-13(17(20)21)15-7-8-16(24-15)25(22,23)19-9-3-4-10-19/h1-2,5-8,11H,3-4,9-10H2,(H,20,21)/b13-11-. The molecule has 1 aromatic heterocycles. The van der Waals surface area contributed by atoms with Gasteiger partial charge in [-0.05, 0) is 42.7 Å². The van der Waals surface area contributed by atoms with Crippen LogP contribution in [-0.2, 0) is 14.8 Å². The Morgan fingerprint density at radius 1 is 1.16 bits per heavy atom. The van der Waals surface area contributed by atoms with Gasteiger partial charge in [-0.3, -0.25) is 0 Å². The highest BCUT2D eigenvalue weighted by atomic mass is 35.5. The molecule has 1 aliphatic heterocycles. The van der Waals surface area contributed by atoms with Gasteiger partial charge in [-0.1, -0.05) is 29.8 Å². The number of rotatable bonds is 5. The molecule has 0 unspecified atom stereocenters. The summed E-state index contributed by atoms with van der Waals surface area (Å²) in [5.74, 6) is -1.13. The van der Waals surface area contributed by atoms with E-state index in [1.165, 1.54) is 22.5 Å². The van der Waals surface area contributed by atoms with Crippen LogP contribution in [0.25, 0.3) is 11.6 Å². The summed E-state index contributed by atoms with van der Waals surface area (Å²) in [6.45, 7) is 1.02. The van der Waals surface area contributed by atoms with Crippen molar-refractivity contribution in [3.8, 4) is 0 Å². The molecule has 132 valence electrons. The fourth-order valence-electron chi connectivity index (χ4n) is 2.65. The molecule has 3 rings (SSSR count). The Labute approximate surface area is 155 Å². The van der Waals surface area contributed by atoms with E-state index in [1.54, 1.807) is 24.3 Å². The summed E-state index contributed by atoms with van der Waals surface area (Å²) in [7, 11) is -3.55. The Morgan fingerprint density at radius 2 is 1.84 bits per heavy atom. The van der Waals surface area contributed by atoms with Crippen molar-refractivity contribution in [3.63, 3.8) is 0 Å². The predicted molar refractivity (Wildman–Crippen MR) is 99.3 cm³/mol. The Hall–Kier alpha value is -1.67. The summed E-state index contributed by atoms with van der Waals surface area (Å²) in [6.07, 6.45) is 3.16. The number of carboxylic acid groups (broad SMARTS) is 1. The van der Waals surface area contributed by atoms with Gasteiger partial charge in [-0.2, -0.15) is 4.31 Å². The van der Waals surface area contributed by atoms with E-state index in [0.29, 0.717) is 28.6 Å². The summed E-state index contributed by atoms with van der Waals surface area (Å²) in [6, 6.07) is 9.90. The van der Waals surface area contributed by atoms with E-state index in [2.05, 4.69) is 0 Å². The number of hydrogen-bond acceptors (Lipinski definition) is 4. The molecule has 1 aliphatic rings. The lowest BCUT2D eigenvalue weighted by molar-refractivity contribution is -0.130. The third-order valence-electron chi connectivity index (χ3n) is 3.94. The lowest BCUT2D eigenvalue weighted by Crippen LogP contribution is -2.27. The van der Waals surface area contributed by atoms with Crippen molar-refractivity contribution in [2.24, 2.45) is 0 Å². The molecule has 1 aromatic carbocycles. The van der Waals surface area contributed by atoms with Crippen molar-refractivity contribution in [1.29, 1.82) is 0 Å². The monoisotopic (exact) mass is 397 g/mol. The van der Waals surface area contributed by atoms with E-state index in [1.807, 2.05) is 0 Å². The normalized spacial score (nSPS) is 16.3.